The van der Waals surface area contributed by atoms with Crippen LogP contribution in [0.2, 0.25) is 0 Å². The fourth-order valence-electron chi connectivity index (χ4n) is 2.11. The van der Waals surface area contributed by atoms with Gasteiger partial charge in [-0.25, -0.2) is 0 Å². The van der Waals surface area contributed by atoms with Crippen LogP contribution in [0, 0.1) is 0 Å². The Bertz CT molecular complexity index is 372. The smallest absolute Gasteiger partial charge is 1.00 e. The Hall–Kier alpha value is 1.79. The molecule has 0 rings (SSSR count). The Kier molecular flexibility index (Phi) is 23.1. The van der Waals surface area contributed by atoms with Crippen molar-refractivity contribution in [2.45, 2.75) is 83.5 Å². The minimum atomic E-state index is -3.73. The van der Waals surface area contributed by atoms with Crippen molar-refractivity contribution in [3.8, 4) is 0 Å². The van der Waals surface area contributed by atoms with Crippen molar-refractivity contribution in [1.29, 1.82) is 0 Å². The molecule has 6 nitrogen and oxygen atoms in total. The molecule has 0 amide bonds. The van der Waals surface area contributed by atoms with E-state index < -0.39 is 28.2 Å². The van der Waals surface area contributed by atoms with Crippen LogP contribution in [0.1, 0.15) is 80.4 Å². The van der Waals surface area contributed by atoms with Gasteiger partial charge >= 0.3 is 59.1 Å². The standard InChI is InChI=1S/C15H33NO5S.2Na.2H/c1-2-3-4-5-6-7-8-9-10-11-13-21-22(19,20)14-12-15(16,17)18;;;;/h17-18H,2-14,16H2,1H3;;;;/q;2*+1;2*-1. The summed E-state index contributed by atoms with van der Waals surface area (Å²) in [5.74, 6) is -2.96. The Morgan fingerprint density at radius 3 is 1.75 bits per heavy atom. The zero-order chi connectivity index (χ0) is 16.9. The maximum absolute atomic E-state index is 11.4. The number of hydrogen-bond acceptors (Lipinski definition) is 6. The van der Waals surface area contributed by atoms with Crippen LogP contribution >= 0.6 is 0 Å². The number of unbranched alkanes of at least 4 members (excludes halogenated alkanes) is 9. The van der Waals surface area contributed by atoms with E-state index in [1.807, 2.05) is 0 Å². The van der Waals surface area contributed by atoms with Crippen molar-refractivity contribution < 1.29 is 84.8 Å². The van der Waals surface area contributed by atoms with Crippen molar-refractivity contribution in [2.24, 2.45) is 5.73 Å². The minimum Gasteiger partial charge on any atom is -1.00 e. The van der Waals surface area contributed by atoms with Gasteiger partial charge in [-0.15, -0.1) is 0 Å². The minimum absolute atomic E-state index is 0. The zero-order valence-electron chi connectivity index (χ0n) is 17.8. The van der Waals surface area contributed by atoms with E-state index in [2.05, 4.69) is 6.92 Å². The number of nitrogens with two attached hydrogens (primary N) is 1. The van der Waals surface area contributed by atoms with Crippen LogP contribution in [0.4, 0.5) is 0 Å². The first-order valence-electron chi connectivity index (χ1n) is 8.37. The summed E-state index contributed by atoms with van der Waals surface area (Å²) in [6.07, 6.45) is 11.2. The fraction of sp³-hybridized carbons (Fsp3) is 1.00. The van der Waals surface area contributed by atoms with Crippen molar-refractivity contribution in [1.82, 2.24) is 0 Å². The second-order valence-electron chi connectivity index (χ2n) is 5.89. The van der Waals surface area contributed by atoms with E-state index in [1.165, 1.54) is 44.9 Å². The molecule has 0 aliphatic carbocycles. The Labute approximate surface area is 195 Å². The third-order valence-corrected chi connectivity index (χ3v) is 4.71. The predicted octanol–water partition coefficient (Wildman–Crippen LogP) is -3.53. The van der Waals surface area contributed by atoms with Crippen molar-refractivity contribution in [2.75, 3.05) is 12.4 Å². The SMILES string of the molecule is CCCCCCCCCCCCOS(=O)(=O)CCC(N)(O)O.[H-].[H-].[Na+].[Na+]. The van der Waals surface area contributed by atoms with Crippen LogP contribution in [-0.4, -0.2) is 36.9 Å². The van der Waals surface area contributed by atoms with E-state index in [9.17, 15) is 8.42 Å². The first kappa shape index (κ1) is 30.5. The molecule has 0 radical (unpaired) electrons. The van der Waals surface area contributed by atoms with Crippen molar-refractivity contribution >= 4 is 10.1 Å². The van der Waals surface area contributed by atoms with Crippen LogP contribution in [0.25, 0.3) is 0 Å². The summed E-state index contributed by atoms with van der Waals surface area (Å²) >= 11 is 0. The molecule has 0 aromatic heterocycles. The molecular formula is C15H35NNa2O5S. The molecule has 9 heteroatoms. The third kappa shape index (κ3) is 23.8. The number of aliphatic hydroxyl groups is 2. The average Bonchev–Trinajstić information content (AvgIpc) is 2.42. The van der Waals surface area contributed by atoms with E-state index in [-0.39, 0.29) is 68.6 Å². The van der Waals surface area contributed by atoms with Gasteiger partial charge in [0.15, 0.2) is 0 Å². The summed E-state index contributed by atoms with van der Waals surface area (Å²) < 4.78 is 27.7. The van der Waals surface area contributed by atoms with Crippen LogP contribution in [-0.2, 0) is 14.3 Å². The Morgan fingerprint density at radius 2 is 1.33 bits per heavy atom. The van der Waals surface area contributed by atoms with Crippen LogP contribution < -0.4 is 64.8 Å². The number of rotatable bonds is 15. The summed E-state index contributed by atoms with van der Waals surface area (Å²) in [5.41, 5.74) is 4.89. The zero-order valence-corrected chi connectivity index (χ0v) is 20.6. The molecule has 0 spiro atoms. The Balaban J connectivity index is -0.000000367. The van der Waals surface area contributed by atoms with Gasteiger partial charge in [-0.3, -0.25) is 9.92 Å². The van der Waals surface area contributed by atoms with E-state index in [1.54, 1.807) is 0 Å². The van der Waals surface area contributed by atoms with Gasteiger partial charge in [-0.2, -0.15) is 8.42 Å². The maximum atomic E-state index is 11.4. The molecule has 24 heavy (non-hydrogen) atoms. The molecule has 0 aromatic carbocycles. The molecule has 4 N–H and O–H groups in total. The van der Waals surface area contributed by atoms with Crippen LogP contribution in [0.3, 0.4) is 0 Å². The second kappa shape index (κ2) is 18.2. The Morgan fingerprint density at radius 1 is 0.917 bits per heavy atom. The summed E-state index contributed by atoms with van der Waals surface area (Å²) in [6.45, 7) is 2.36. The van der Waals surface area contributed by atoms with Crippen molar-refractivity contribution in [3.63, 3.8) is 0 Å². The molecule has 0 unspecified atom stereocenters. The monoisotopic (exact) mass is 387 g/mol. The second-order valence-corrected chi connectivity index (χ2v) is 7.65. The molecule has 0 aliphatic heterocycles. The molecule has 0 saturated carbocycles. The average molecular weight is 387 g/mol. The molecule has 0 saturated heterocycles. The van der Waals surface area contributed by atoms with E-state index in [0.29, 0.717) is 6.42 Å². The van der Waals surface area contributed by atoms with Gasteiger partial charge in [-0.1, -0.05) is 64.7 Å². The van der Waals surface area contributed by atoms with Gasteiger partial charge < -0.3 is 13.1 Å². The summed E-state index contributed by atoms with van der Waals surface area (Å²) in [6, 6.07) is 0. The molecule has 0 heterocycles. The fourth-order valence-corrected chi connectivity index (χ4v) is 3.15. The molecular weight excluding hydrogens is 352 g/mol. The van der Waals surface area contributed by atoms with Gasteiger partial charge in [0.25, 0.3) is 10.1 Å². The topological polar surface area (TPSA) is 110 Å². The van der Waals surface area contributed by atoms with E-state index in [4.69, 9.17) is 20.1 Å². The quantitative estimate of drug-likeness (QED) is 0.116. The summed E-state index contributed by atoms with van der Waals surface area (Å²) in [7, 11) is -3.73. The predicted molar refractivity (Wildman–Crippen MR) is 89.8 cm³/mol. The molecule has 0 bridgehead atoms. The third-order valence-electron chi connectivity index (χ3n) is 3.48. The van der Waals surface area contributed by atoms with Crippen molar-refractivity contribution in [3.05, 3.63) is 0 Å². The van der Waals surface area contributed by atoms with Gasteiger partial charge in [-0.05, 0) is 6.42 Å². The van der Waals surface area contributed by atoms with E-state index in [0.717, 1.165) is 12.8 Å². The normalized spacial score (nSPS) is 11.7. The molecule has 138 valence electrons. The van der Waals surface area contributed by atoms with Gasteiger partial charge in [0.2, 0.25) is 5.91 Å². The molecule has 0 aliphatic rings. The van der Waals surface area contributed by atoms with Gasteiger partial charge in [0.1, 0.15) is 0 Å². The first-order chi connectivity index (χ1) is 10.3. The van der Waals surface area contributed by atoms with Crippen LogP contribution in [0.5, 0.6) is 0 Å². The number of hydrogen-bond donors (Lipinski definition) is 3. The molecule has 0 aromatic rings. The first-order valence-corrected chi connectivity index (χ1v) is 9.95. The van der Waals surface area contributed by atoms with Gasteiger partial charge in [0.05, 0.1) is 12.4 Å². The van der Waals surface area contributed by atoms with Gasteiger partial charge in [0, 0.05) is 6.42 Å². The maximum Gasteiger partial charge on any atom is 1.00 e. The summed E-state index contributed by atoms with van der Waals surface area (Å²) in [4.78, 5) is 0. The van der Waals surface area contributed by atoms with E-state index >= 15 is 0 Å². The molecule has 0 fully saturated rings. The largest absolute Gasteiger partial charge is 1.00 e. The van der Waals surface area contributed by atoms with Crippen LogP contribution in [0.15, 0.2) is 0 Å². The summed E-state index contributed by atoms with van der Waals surface area (Å²) in [5, 5.41) is 17.7. The molecule has 0 atom stereocenters.